The molecule has 1 aromatic carbocycles. The van der Waals surface area contributed by atoms with Crippen molar-refractivity contribution in [2.75, 3.05) is 0 Å². The van der Waals surface area contributed by atoms with Gasteiger partial charge >= 0.3 is 0 Å². The van der Waals surface area contributed by atoms with Crippen LogP contribution in [0.15, 0.2) is 23.2 Å². The van der Waals surface area contributed by atoms with Crippen molar-refractivity contribution in [3.8, 4) is 0 Å². The van der Waals surface area contributed by atoms with Crippen molar-refractivity contribution in [3.05, 3.63) is 28.8 Å². The van der Waals surface area contributed by atoms with E-state index in [1.165, 1.54) is 6.08 Å². The van der Waals surface area contributed by atoms with E-state index in [1.807, 2.05) is 0 Å². The lowest BCUT2D eigenvalue weighted by Gasteiger charge is -1.99. The van der Waals surface area contributed by atoms with E-state index < -0.39 is 0 Å². The quantitative estimate of drug-likeness (QED) is 0.560. The first-order valence-electron chi connectivity index (χ1n) is 3.34. The zero-order valence-electron chi connectivity index (χ0n) is 6.25. The highest BCUT2D eigenvalue weighted by Gasteiger charge is 1.98. The lowest BCUT2D eigenvalue weighted by molar-refractivity contribution is 0.565. The van der Waals surface area contributed by atoms with Crippen molar-refractivity contribution in [2.24, 2.45) is 10.7 Å². The van der Waals surface area contributed by atoms with Crippen LogP contribution >= 0.6 is 11.6 Å². The summed E-state index contributed by atoms with van der Waals surface area (Å²) in [6, 6.07) is 4.94. The van der Waals surface area contributed by atoms with E-state index in [4.69, 9.17) is 17.3 Å². The molecule has 0 aliphatic carbocycles. The Morgan fingerprint density at radius 2 is 2.33 bits per heavy atom. The zero-order chi connectivity index (χ0) is 8.97. The van der Waals surface area contributed by atoms with E-state index in [0.717, 1.165) is 5.56 Å². The normalized spacial score (nSPS) is 9.17. The first-order valence-corrected chi connectivity index (χ1v) is 3.72. The van der Waals surface area contributed by atoms with Gasteiger partial charge in [-0.05, 0) is 23.8 Å². The van der Waals surface area contributed by atoms with Gasteiger partial charge in [0.1, 0.15) is 0 Å². The molecule has 0 saturated carbocycles. The molecule has 0 spiro atoms. The molecule has 62 valence electrons. The Bertz CT molecular complexity index is 332. The molecule has 12 heavy (non-hydrogen) atoms. The highest BCUT2D eigenvalue weighted by molar-refractivity contribution is 6.31. The third-order valence-corrected chi connectivity index (χ3v) is 1.79. The van der Waals surface area contributed by atoms with Crippen LogP contribution in [0.1, 0.15) is 5.56 Å². The van der Waals surface area contributed by atoms with Crippen LogP contribution < -0.4 is 5.73 Å². The zero-order valence-corrected chi connectivity index (χ0v) is 7.01. The van der Waals surface area contributed by atoms with Crippen LogP contribution in [0.3, 0.4) is 0 Å². The number of nitrogens with zero attached hydrogens (tertiary/aromatic N) is 1. The highest BCUT2D eigenvalue weighted by atomic mass is 35.5. The molecule has 0 aliphatic rings. The largest absolute Gasteiger partial charge is 0.326 e. The fraction of sp³-hybridized carbons (Fsp3) is 0.125. The number of carbonyl (C=O) groups excluding carboxylic acids is 1. The fourth-order valence-electron chi connectivity index (χ4n) is 0.840. The number of benzene rings is 1. The molecular weight excluding hydrogens is 176 g/mol. The summed E-state index contributed by atoms with van der Waals surface area (Å²) >= 11 is 5.78. The molecule has 0 atom stereocenters. The van der Waals surface area contributed by atoms with Crippen LogP contribution in [0, 0.1) is 0 Å². The van der Waals surface area contributed by atoms with Crippen molar-refractivity contribution in [3.63, 3.8) is 0 Å². The third kappa shape index (κ3) is 1.92. The second-order valence-corrected chi connectivity index (χ2v) is 2.59. The number of rotatable bonds is 2. The third-order valence-electron chi connectivity index (χ3n) is 1.42. The van der Waals surface area contributed by atoms with Gasteiger partial charge in [0, 0.05) is 11.6 Å². The van der Waals surface area contributed by atoms with Crippen molar-refractivity contribution in [1.82, 2.24) is 0 Å². The standard InChI is InChI=1S/C8H7ClN2O/c9-8-2-1-7(11-5-12)3-6(8)4-10/h1-3H,4,10H2. The molecule has 0 unspecified atom stereocenters. The number of halogens is 1. The van der Waals surface area contributed by atoms with E-state index in [0.29, 0.717) is 17.3 Å². The SMILES string of the molecule is NCc1cc(N=C=O)ccc1Cl. The molecule has 3 nitrogen and oxygen atoms in total. The molecule has 0 radical (unpaired) electrons. The summed E-state index contributed by atoms with van der Waals surface area (Å²) in [4.78, 5) is 13.3. The average Bonchev–Trinajstić information content (AvgIpc) is 2.09. The number of hydrogen-bond acceptors (Lipinski definition) is 3. The van der Waals surface area contributed by atoms with Gasteiger partial charge in [0.2, 0.25) is 6.08 Å². The number of nitrogens with two attached hydrogens (primary N) is 1. The Kier molecular flexibility index (Phi) is 3.00. The smallest absolute Gasteiger partial charge is 0.240 e. The molecular formula is C8H7ClN2O. The maximum absolute atomic E-state index is 9.90. The minimum atomic E-state index is 0.334. The molecule has 0 bridgehead atoms. The molecule has 0 amide bonds. The number of hydrogen-bond donors (Lipinski definition) is 1. The van der Waals surface area contributed by atoms with Gasteiger partial charge in [-0.3, -0.25) is 0 Å². The molecule has 0 aromatic heterocycles. The summed E-state index contributed by atoms with van der Waals surface area (Å²) < 4.78 is 0. The maximum atomic E-state index is 9.90. The molecule has 0 heterocycles. The van der Waals surface area contributed by atoms with E-state index >= 15 is 0 Å². The molecule has 1 rings (SSSR count). The predicted molar refractivity (Wildman–Crippen MR) is 47.1 cm³/mol. The monoisotopic (exact) mass is 182 g/mol. The Morgan fingerprint density at radius 1 is 1.58 bits per heavy atom. The first kappa shape index (κ1) is 8.94. The Balaban J connectivity index is 3.13. The number of isocyanates is 1. The van der Waals surface area contributed by atoms with Gasteiger partial charge in [0.25, 0.3) is 0 Å². The Labute approximate surface area is 74.9 Å². The van der Waals surface area contributed by atoms with E-state index in [2.05, 4.69) is 4.99 Å². The van der Waals surface area contributed by atoms with Crippen molar-refractivity contribution in [1.29, 1.82) is 0 Å². The topological polar surface area (TPSA) is 55.4 Å². The van der Waals surface area contributed by atoms with Crippen molar-refractivity contribution < 1.29 is 4.79 Å². The molecule has 2 N–H and O–H groups in total. The van der Waals surface area contributed by atoms with Gasteiger partial charge in [0.05, 0.1) is 5.69 Å². The minimum Gasteiger partial charge on any atom is -0.326 e. The molecule has 0 aliphatic heterocycles. The van der Waals surface area contributed by atoms with Gasteiger partial charge < -0.3 is 5.73 Å². The van der Waals surface area contributed by atoms with Crippen molar-refractivity contribution in [2.45, 2.75) is 6.54 Å². The van der Waals surface area contributed by atoms with Gasteiger partial charge in [-0.1, -0.05) is 11.6 Å². The number of aliphatic imine (C=N–C) groups is 1. The lowest BCUT2D eigenvalue weighted by atomic mass is 10.2. The average molecular weight is 183 g/mol. The summed E-state index contributed by atoms with van der Waals surface area (Å²) in [5, 5.41) is 0.586. The van der Waals surface area contributed by atoms with E-state index in [9.17, 15) is 4.79 Å². The van der Waals surface area contributed by atoms with Crippen LogP contribution in [0.2, 0.25) is 5.02 Å². The van der Waals surface area contributed by atoms with Gasteiger partial charge in [-0.2, -0.15) is 4.99 Å². The van der Waals surface area contributed by atoms with Crippen LogP contribution in [-0.2, 0) is 11.3 Å². The second kappa shape index (κ2) is 4.02. The summed E-state index contributed by atoms with van der Waals surface area (Å²) in [5.41, 5.74) is 6.69. The Hall–Kier alpha value is -1.15. The summed E-state index contributed by atoms with van der Waals surface area (Å²) in [5.74, 6) is 0. The lowest BCUT2D eigenvalue weighted by Crippen LogP contribution is -1.96. The van der Waals surface area contributed by atoms with Crippen LogP contribution in [0.5, 0.6) is 0 Å². The summed E-state index contributed by atoms with van der Waals surface area (Å²) in [7, 11) is 0. The van der Waals surface area contributed by atoms with Crippen LogP contribution in [0.4, 0.5) is 5.69 Å². The van der Waals surface area contributed by atoms with Gasteiger partial charge in [-0.15, -0.1) is 0 Å². The summed E-state index contributed by atoms with van der Waals surface area (Å²) in [6.45, 7) is 0.334. The van der Waals surface area contributed by atoms with Crippen LogP contribution in [0.25, 0.3) is 0 Å². The second-order valence-electron chi connectivity index (χ2n) is 2.18. The van der Waals surface area contributed by atoms with Gasteiger partial charge in [0.15, 0.2) is 0 Å². The molecule has 4 heteroatoms. The van der Waals surface area contributed by atoms with Crippen LogP contribution in [-0.4, -0.2) is 6.08 Å². The maximum Gasteiger partial charge on any atom is 0.240 e. The fourth-order valence-corrected chi connectivity index (χ4v) is 1.03. The molecule has 1 aromatic rings. The highest BCUT2D eigenvalue weighted by Crippen LogP contribution is 2.21. The summed E-state index contributed by atoms with van der Waals surface area (Å²) in [6.07, 6.45) is 1.45. The van der Waals surface area contributed by atoms with Crippen molar-refractivity contribution >= 4 is 23.4 Å². The van der Waals surface area contributed by atoms with E-state index in [1.54, 1.807) is 18.2 Å². The first-order chi connectivity index (χ1) is 5.77. The van der Waals surface area contributed by atoms with E-state index in [-0.39, 0.29) is 0 Å². The minimum absolute atomic E-state index is 0.334. The molecule has 0 fully saturated rings. The molecule has 0 saturated heterocycles. The predicted octanol–water partition coefficient (Wildman–Crippen LogP) is 1.77. The Morgan fingerprint density at radius 3 is 2.92 bits per heavy atom. The van der Waals surface area contributed by atoms with Gasteiger partial charge in [-0.25, -0.2) is 4.79 Å².